The maximum Gasteiger partial charge on any atom is 0.0794 e. The molecule has 1 aromatic rings. The maximum atomic E-state index is 4.07. The fraction of sp³-hybridized carbons (Fsp3) is 0.700. The summed E-state index contributed by atoms with van der Waals surface area (Å²) in [6, 6.07) is 0.587. The highest BCUT2D eigenvalue weighted by molar-refractivity contribution is 7.09. The first-order valence-corrected chi connectivity index (χ1v) is 5.67. The lowest BCUT2D eigenvalue weighted by Gasteiger charge is -2.13. The lowest BCUT2D eigenvalue weighted by Crippen LogP contribution is -2.28. The van der Waals surface area contributed by atoms with Crippen molar-refractivity contribution in [2.45, 2.75) is 33.2 Å². The normalized spacial score (nSPS) is 13.5. The Labute approximate surface area is 84.4 Å². The molecule has 0 amide bonds. The molecule has 0 saturated heterocycles. The van der Waals surface area contributed by atoms with E-state index < -0.39 is 0 Å². The molecule has 3 heteroatoms. The molecule has 1 aromatic heterocycles. The van der Waals surface area contributed by atoms with Crippen molar-refractivity contribution in [2.75, 3.05) is 6.54 Å². The standard InChI is InChI=1S/C10H18N2S/c1-8(2)12-5-9(3)4-10-6-11-7-13-10/h6-9,12H,4-5H2,1-3H3. The molecule has 0 spiro atoms. The van der Waals surface area contributed by atoms with E-state index in [0.717, 1.165) is 13.0 Å². The summed E-state index contributed by atoms with van der Waals surface area (Å²) >= 11 is 1.75. The summed E-state index contributed by atoms with van der Waals surface area (Å²) in [5, 5.41) is 3.44. The van der Waals surface area contributed by atoms with Crippen LogP contribution in [-0.4, -0.2) is 17.6 Å². The molecule has 0 aromatic carbocycles. The Balaban J connectivity index is 2.22. The molecule has 13 heavy (non-hydrogen) atoms. The third-order valence-corrected chi connectivity index (χ3v) is 2.71. The molecule has 0 bridgehead atoms. The largest absolute Gasteiger partial charge is 0.314 e. The minimum Gasteiger partial charge on any atom is -0.314 e. The summed E-state index contributed by atoms with van der Waals surface area (Å²) < 4.78 is 0. The van der Waals surface area contributed by atoms with Crippen molar-refractivity contribution < 1.29 is 0 Å². The predicted molar refractivity (Wildman–Crippen MR) is 58.1 cm³/mol. The third-order valence-electron chi connectivity index (χ3n) is 1.91. The molecule has 1 atom stereocenters. The molecule has 0 aliphatic rings. The number of rotatable bonds is 5. The van der Waals surface area contributed by atoms with Gasteiger partial charge in [0.15, 0.2) is 0 Å². The SMILES string of the molecule is CC(CNC(C)C)Cc1cncs1. The lowest BCUT2D eigenvalue weighted by atomic mass is 10.1. The van der Waals surface area contributed by atoms with Gasteiger partial charge in [-0.2, -0.15) is 0 Å². The van der Waals surface area contributed by atoms with E-state index in [1.165, 1.54) is 4.88 Å². The van der Waals surface area contributed by atoms with Gasteiger partial charge in [-0.15, -0.1) is 11.3 Å². The average molecular weight is 198 g/mol. The van der Waals surface area contributed by atoms with Gasteiger partial charge < -0.3 is 5.32 Å². The summed E-state index contributed by atoms with van der Waals surface area (Å²) in [6.07, 6.45) is 3.11. The van der Waals surface area contributed by atoms with E-state index in [4.69, 9.17) is 0 Å². The van der Waals surface area contributed by atoms with Crippen molar-refractivity contribution in [1.82, 2.24) is 10.3 Å². The van der Waals surface area contributed by atoms with E-state index in [0.29, 0.717) is 12.0 Å². The summed E-state index contributed by atoms with van der Waals surface area (Å²) in [6.45, 7) is 7.73. The molecule has 1 N–H and O–H groups in total. The van der Waals surface area contributed by atoms with Gasteiger partial charge in [0.1, 0.15) is 0 Å². The van der Waals surface area contributed by atoms with Crippen LogP contribution in [0.25, 0.3) is 0 Å². The van der Waals surface area contributed by atoms with Gasteiger partial charge in [-0.3, -0.25) is 4.98 Å². The monoisotopic (exact) mass is 198 g/mol. The van der Waals surface area contributed by atoms with Crippen LogP contribution in [0.15, 0.2) is 11.7 Å². The Morgan fingerprint density at radius 3 is 2.77 bits per heavy atom. The molecular formula is C10H18N2S. The van der Waals surface area contributed by atoms with Crippen molar-refractivity contribution in [3.8, 4) is 0 Å². The Morgan fingerprint density at radius 2 is 2.23 bits per heavy atom. The average Bonchev–Trinajstić information content (AvgIpc) is 2.53. The first kappa shape index (κ1) is 10.7. The van der Waals surface area contributed by atoms with E-state index in [1.807, 2.05) is 11.7 Å². The summed E-state index contributed by atoms with van der Waals surface area (Å²) in [5.41, 5.74) is 1.90. The minimum absolute atomic E-state index is 0.587. The van der Waals surface area contributed by atoms with Crippen LogP contribution in [0.5, 0.6) is 0 Å². The van der Waals surface area contributed by atoms with Crippen LogP contribution in [0.2, 0.25) is 0 Å². The summed E-state index contributed by atoms with van der Waals surface area (Å²) in [4.78, 5) is 5.46. The zero-order chi connectivity index (χ0) is 9.68. The molecule has 1 unspecified atom stereocenters. The maximum absolute atomic E-state index is 4.07. The van der Waals surface area contributed by atoms with Crippen LogP contribution >= 0.6 is 11.3 Å². The molecular weight excluding hydrogens is 180 g/mol. The van der Waals surface area contributed by atoms with Crippen molar-refractivity contribution in [3.63, 3.8) is 0 Å². The summed E-state index contributed by atoms with van der Waals surface area (Å²) in [7, 11) is 0. The van der Waals surface area contributed by atoms with Gasteiger partial charge in [-0.05, 0) is 18.9 Å². The third kappa shape index (κ3) is 4.39. The zero-order valence-corrected chi connectivity index (χ0v) is 9.40. The molecule has 1 heterocycles. The first-order chi connectivity index (χ1) is 6.18. The fourth-order valence-electron chi connectivity index (χ4n) is 1.20. The molecule has 0 aliphatic carbocycles. The van der Waals surface area contributed by atoms with Gasteiger partial charge in [0.25, 0.3) is 0 Å². The number of hydrogen-bond acceptors (Lipinski definition) is 3. The first-order valence-electron chi connectivity index (χ1n) is 4.79. The van der Waals surface area contributed by atoms with Gasteiger partial charge in [0.2, 0.25) is 0 Å². The molecule has 0 aliphatic heterocycles. The van der Waals surface area contributed by atoms with E-state index in [9.17, 15) is 0 Å². The molecule has 0 radical (unpaired) electrons. The van der Waals surface area contributed by atoms with Gasteiger partial charge in [0, 0.05) is 17.1 Å². The van der Waals surface area contributed by atoms with Gasteiger partial charge in [-0.1, -0.05) is 20.8 Å². The van der Waals surface area contributed by atoms with Crippen molar-refractivity contribution in [3.05, 3.63) is 16.6 Å². The Bertz CT molecular complexity index is 219. The topological polar surface area (TPSA) is 24.9 Å². The molecule has 0 fully saturated rings. The van der Waals surface area contributed by atoms with Crippen LogP contribution in [-0.2, 0) is 6.42 Å². The second kappa shape index (κ2) is 5.35. The quantitative estimate of drug-likeness (QED) is 0.785. The number of aromatic nitrogens is 1. The number of nitrogens with zero attached hydrogens (tertiary/aromatic N) is 1. The van der Waals surface area contributed by atoms with Crippen LogP contribution in [0.4, 0.5) is 0 Å². The van der Waals surface area contributed by atoms with E-state index in [2.05, 4.69) is 31.1 Å². The highest BCUT2D eigenvalue weighted by Gasteiger charge is 2.05. The van der Waals surface area contributed by atoms with E-state index in [1.54, 1.807) is 11.3 Å². The molecule has 1 rings (SSSR count). The smallest absolute Gasteiger partial charge is 0.0794 e. The summed E-state index contributed by atoms with van der Waals surface area (Å²) in [5.74, 6) is 0.697. The molecule has 0 saturated carbocycles. The van der Waals surface area contributed by atoms with Crippen LogP contribution in [0, 0.1) is 5.92 Å². The van der Waals surface area contributed by atoms with E-state index >= 15 is 0 Å². The van der Waals surface area contributed by atoms with Crippen LogP contribution in [0.3, 0.4) is 0 Å². The van der Waals surface area contributed by atoms with Crippen LogP contribution in [0.1, 0.15) is 25.6 Å². The second-order valence-corrected chi connectivity index (χ2v) is 4.81. The van der Waals surface area contributed by atoms with Gasteiger partial charge in [-0.25, -0.2) is 0 Å². The predicted octanol–water partition coefficient (Wildman–Crippen LogP) is 2.32. The highest BCUT2D eigenvalue weighted by atomic mass is 32.1. The Hall–Kier alpha value is -0.410. The Morgan fingerprint density at radius 1 is 1.46 bits per heavy atom. The van der Waals surface area contributed by atoms with E-state index in [-0.39, 0.29) is 0 Å². The zero-order valence-electron chi connectivity index (χ0n) is 8.58. The molecule has 74 valence electrons. The van der Waals surface area contributed by atoms with Crippen molar-refractivity contribution in [2.24, 2.45) is 5.92 Å². The van der Waals surface area contributed by atoms with Gasteiger partial charge >= 0.3 is 0 Å². The minimum atomic E-state index is 0.587. The second-order valence-electron chi connectivity index (χ2n) is 3.84. The lowest BCUT2D eigenvalue weighted by molar-refractivity contribution is 0.478. The van der Waals surface area contributed by atoms with Gasteiger partial charge in [0.05, 0.1) is 5.51 Å². The van der Waals surface area contributed by atoms with Crippen molar-refractivity contribution in [1.29, 1.82) is 0 Å². The number of hydrogen-bond donors (Lipinski definition) is 1. The fourth-order valence-corrected chi connectivity index (χ4v) is 1.96. The number of thiazole rings is 1. The highest BCUT2D eigenvalue weighted by Crippen LogP contribution is 2.11. The number of nitrogens with one attached hydrogen (secondary N) is 1. The van der Waals surface area contributed by atoms with Crippen LogP contribution < -0.4 is 5.32 Å². The Kier molecular flexibility index (Phi) is 4.39. The van der Waals surface area contributed by atoms with Crippen molar-refractivity contribution >= 4 is 11.3 Å². The molecule has 2 nitrogen and oxygen atoms in total.